The van der Waals surface area contributed by atoms with Gasteiger partial charge in [0.2, 0.25) is 5.91 Å². The molecule has 128 valence electrons. The van der Waals surface area contributed by atoms with E-state index in [9.17, 15) is 4.79 Å². The third kappa shape index (κ3) is 4.68. The molecular formula is C20H19ClN2OS. The number of hydrogen-bond acceptors (Lipinski definition) is 3. The third-order valence-electron chi connectivity index (χ3n) is 3.88. The summed E-state index contributed by atoms with van der Waals surface area (Å²) in [7, 11) is 0. The average molecular weight is 371 g/mol. The van der Waals surface area contributed by atoms with Crippen LogP contribution in [0.1, 0.15) is 29.8 Å². The Morgan fingerprint density at radius 2 is 2.04 bits per heavy atom. The molecule has 1 unspecified atom stereocenters. The Bertz CT molecular complexity index is 891. The fourth-order valence-corrected chi connectivity index (χ4v) is 3.63. The lowest BCUT2D eigenvalue weighted by atomic mass is 10.1. The molecule has 0 aliphatic rings. The predicted molar refractivity (Wildman–Crippen MR) is 104 cm³/mol. The number of aromatic nitrogens is 1. The minimum absolute atomic E-state index is 0.0476. The first kappa shape index (κ1) is 17.6. The van der Waals surface area contributed by atoms with Crippen LogP contribution in [0.2, 0.25) is 5.02 Å². The highest BCUT2D eigenvalue weighted by atomic mass is 35.5. The summed E-state index contributed by atoms with van der Waals surface area (Å²) in [6.45, 7) is 4.01. The summed E-state index contributed by atoms with van der Waals surface area (Å²) in [6.07, 6.45) is 0.271. The van der Waals surface area contributed by atoms with E-state index in [1.165, 1.54) is 5.56 Å². The van der Waals surface area contributed by atoms with Crippen LogP contribution in [0.4, 0.5) is 0 Å². The Morgan fingerprint density at radius 3 is 2.80 bits per heavy atom. The molecule has 2 aromatic carbocycles. The van der Waals surface area contributed by atoms with Crippen LogP contribution in [0.3, 0.4) is 0 Å². The molecular weight excluding hydrogens is 352 g/mol. The highest BCUT2D eigenvalue weighted by molar-refractivity contribution is 7.13. The van der Waals surface area contributed by atoms with Crippen molar-refractivity contribution in [3.8, 4) is 10.6 Å². The molecule has 0 spiro atoms. The fourth-order valence-electron chi connectivity index (χ4n) is 2.62. The summed E-state index contributed by atoms with van der Waals surface area (Å²) < 4.78 is 0. The first-order chi connectivity index (χ1) is 12.0. The second kappa shape index (κ2) is 7.81. The van der Waals surface area contributed by atoms with Crippen LogP contribution in [-0.2, 0) is 11.2 Å². The topological polar surface area (TPSA) is 42.0 Å². The van der Waals surface area contributed by atoms with E-state index in [2.05, 4.69) is 29.4 Å². The first-order valence-electron chi connectivity index (χ1n) is 8.07. The number of nitrogens with one attached hydrogen (secondary N) is 1. The van der Waals surface area contributed by atoms with Gasteiger partial charge in [0.05, 0.1) is 18.2 Å². The van der Waals surface area contributed by atoms with Gasteiger partial charge in [0.15, 0.2) is 0 Å². The summed E-state index contributed by atoms with van der Waals surface area (Å²) in [5.41, 5.74) is 4.06. The van der Waals surface area contributed by atoms with Crippen LogP contribution in [0.15, 0.2) is 53.9 Å². The summed E-state index contributed by atoms with van der Waals surface area (Å²) >= 11 is 7.57. The van der Waals surface area contributed by atoms with E-state index in [1.54, 1.807) is 11.3 Å². The Kier molecular flexibility index (Phi) is 5.51. The molecule has 0 radical (unpaired) electrons. The number of aryl methyl sites for hydroxylation is 1. The number of amides is 1. The maximum Gasteiger partial charge on any atom is 0.226 e. The van der Waals surface area contributed by atoms with Gasteiger partial charge >= 0.3 is 0 Å². The zero-order valence-electron chi connectivity index (χ0n) is 14.1. The van der Waals surface area contributed by atoms with Crippen molar-refractivity contribution in [2.75, 3.05) is 0 Å². The number of benzene rings is 2. The molecule has 1 heterocycles. The third-order valence-corrected chi connectivity index (χ3v) is 5.06. The highest BCUT2D eigenvalue weighted by Crippen LogP contribution is 2.25. The van der Waals surface area contributed by atoms with E-state index in [0.29, 0.717) is 5.02 Å². The molecule has 3 nitrogen and oxygen atoms in total. The number of nitrogens with zero attached hydrogens (tertiary/aromatic N) is 1. The lowest BCUT2D eigenvalue weighted by Gasteiger charge is -2.14. The van der Waals surface area contributed by atoms with Crippen molar-refractivity contribution >= 4 is 28.8 Å². The molecule has 25 heavy (non-hydrogen) atoms. The molecule has 0 saturated carbocycles. The van der Waals surface area contributed by atoms with E-state index in [1.807, 2.05) is 48.7 Å². The Morgan fingerprint density at radius 1 is 1.24 bits per heavy atom. The fraction of sp³-hybridized carbons (Fsp3) is 0.200. The highest BCUT2D eigenvalue weighted by Gasteiger charge is 2.13. The zero-order chi connectivity index (χ0) is 17.8. The van der Waals surface area contributed by atoms with Crippen LogP contribution in [0.5, 0.6) is 0 Å². The second-order valence-electron chi connectivity index (χ2n) is 6.03. The Labute approximate surface area is 156 Å². The maximum absolute atomic E-state index is 12.3. The predicted octanol–water partition coefficient (Wildman–Crippen LogP) is 5.19. The van der Waals surface area contributed by atoms with E-state index >= 15 is 0 Å². The summed E-state index contributed by atoms with van der Waals surface area (Å²) in [4.78, 5) is 16.9. The lowest BCUT2D eigenvalue weighted by Crippen LogP contribution is -2.28. The first-order valence-corrected chi connectivity index (χ1v) is 9.33. The van der Waals surface area contributed by atoms with Crippen LogP contribution in [-0.4, -0.2) is 10.9 Å². The number of halogens is 1. The molecule has 0 aliphatic carbocycles. The lowest BCUT2D eigenvalue weighted by molar-refractivity contribution is -0.121. The molecule has 5 heteroatoms. The quantitative estimate of drug-likeness (QED) is 0.671. The average Bonchev–Trinajstić information content (AvgIpc) is 3.03. The van der Waals surface area contributed by atoms with Gasteiger partial charge in [-0.1, -0.05) is 47.5 Å². The summed E-state index contributed by atoms with van der Waals surface area (Å²) in [6, 6.07) is 15.6. The van der Waals surface area contributed by atoms with Gasteiger partial charge in [0.1, 0.15) is 5.01 Å². The number of hydrogen-bond donors (Lipinski definition) is 1. The van der Waals surface area contributed by atoms with Gasteiger partial charge in [-0.2, -0.15) is 0 Å². The Hall–Kier alpha value is -2.17. The van der Waals surface area contributed by atoms with Crippen LogP contribution < -0.4 is 5.32 Å². The monoisotopic (exact) mass is 370 g/mol. The van der Waals surface area contributed by atoms with E-state index in [-0.39, 0.29) is 18.4 Å². The van der Waals surface area contributed by atoms with Crippen molar-refractivity contribution in [1.29, 1.82) is 0 Å². The number of rotatable bonds is 5. The molecule has 0 aliphatic heterocycles. The van der Waals surface area contributed by atoms with E-state index < -0.39 is 0 Å². The smallest absolute Gasteiger partial charge is 0.226 e. The minimum Gasteiger partial charge on any atom is -0.349 e. The molecule has 0 bridgehead atoms. The van der Waals surface area contributed by atoms with Gasteiger partial charge in [0.25, 0.3) is 0 Å². The standard InChI is InChI=1S/C20H19ClN2OS/c1-13-5-3-7-16(9-13)20-23-18(12-25-20)11-19(24)22-14(2)15-6-4-8-17(21)10-15/h3-10,12,14H,11H2,1-2H3,(H,22,24). The molecule has 1 N–H and O–H groups in total. The zero-order valence-corrected chi connectivity index (χ0v) is 15.7. The number of thiazole rings is 1. The molecule has 3 aromatic rings. The van der Waals surface area contributed by atoms with Gasteiger partial charge < -0.3 is 5.32 Å². The SMILES string of the molecule is Cc1cccc(-c2nc(CC(=O)NC(C)c3cccc(Cl)c3)cs2)c1. The summed E-state index contributed by atoms with van der Waals surface area (Å²) in [5.74, 6) is -0.0476. The van der Waals surface area contributed by atoms with Crippen LogP contribution >= 0.6 is 22.9 Å². The van der Waals surface area contributed by atoms with Gasteiger partial charge in [-0.05, 0) is 37.6 Å². The molecule has 3 rings (SSSR count). The van der Waals surface area contributed by atoms with Crippen molar-refractivity contribution < 1.29 is 4.79 Å². The number of carbonyl (C=O) groups excluding carboxylic acids is 1. The molecule has 1 atom stereocenters. The molecule has 0 fully saturated rings. The summed E-state index contributed by atoms with van der Waals surface area (Å²) in [5, 5.41) is 6.55. The maximum atomic E-state index is 12.3. The van der Waals surface area contributed by atoms with Crippen molar-refractivity contribution in [1.82, 2.24) is 10.3 Å². The van der Waals surface area contributed by atoms with Gasteiger partial charge in [-0.15, -0.1) is 11.3 Å². The van der Waals surface area contributed by atoms with Crippen molar-refractivity contribution in [2.45, 2.75) is 26.3 Å². The second-order valence-corrected chi connectivity index (χ2v) is 7.33. The van der Waals surface area contributed by atoms with Crippen molar-refractivity contribution in [3.63, 3.8) is 0 Å². The van der Waals surface area contributed by atoms with E-state index in [4.69, 9.17) is 11.6 Å². The number of carbonyl (C=O) groups is 1. The van der Waals surface area contributed by atoms with Gasteiger partial charge in [0, 0.05) is 16.0 Å². The minimum atomic E-state index is -0.0962. The molecule has 1 aromatic heterocycles. The normalized spacial score (nSPS) is 12.0. The van der Waals surface area contributed by atoms with E-state index in [0.717, 1.165) is 21.8 Å². The van der Waals surface area contributed by atoms with Gasteiger partial charge in [-0.25, -0.2) is 4.98 Å². The van der Waals surface area contributed by atoms with Crippen molar-refractivity contribution in [3.05, 3.63) is 75.8 Å². The van der Waals surface area contributed by atoms with Crippen molar-refractivity contribution in [2.24, 2.45) is 0 Å². The molecule has 0 saturated heterocycles. The van der Waals surface area contributed by atoms with Crippen LogP contribution in [0.25, 0.3) is 10.6 Å². The van der Waals surface area contributed by atoms with Gasteiger partial charge in [-0.3, -0.25) is 4.79 Å². The van der Waals surface area contributed by atoms with Crippen LogP contribution in [0, 0.1) is 6.92 Å². The Balaban J connectivity index is 1.64. The molecule has 1 amide bonds. The largest absolute Gasteiger partial charge is 0.349 e.